The Morgan fingerprint density at radius 1 is 1.07 bits per heavy atom. The summed E-state index contributed by atoms with van der Waals surface area (Å²) in [5.74, 6) is 0.414. The monoisotopic (exact) mass is 414 g/mol. The number of piperidine rings is 1. The number of anilines is 1. The molecule has 0 spiro atoms. The lowest BCUT2D eigenvalue weighted by Crippen LogP contribution is -2.36. The Morgan fingerprint density at radius 2 is 1.76 bits per heavy atom. The first-order valence-corrected chi connectivity index (χ1v) is 11.9. The minimum atomic E-state index is -3.17. The van der Waals surface area contributed by atoms with Crippen LogP contribution in [0.3, 0.4) is 0 Å². The molecule has 1 aliphatic rings. The van der Waals surface area contributed by atoms with Gasteiger partial charge in [-0.05, 0) is 62.1 Å². The second kappa shape index (κ2) is 7.67. The van der Waals surface area contributed by atoms with E-state index < -0.39 is 9.84 Å². The van der Waals surface area contributed by atoms with Crippen LogP contribution in [0, 0.1) is 5.92 Å². The van der Waals surface area contributed by atoms with Crippen molar-refractivity contribution in [1.82, 2.24) is 14.1 Å². The van der Waals surface area contributed by atoms with Crippen LogP contribution in [0.2, 0.25) is 0 Å². The van der Waals surface area contributed by atoms with E-state index in [4.69, 9.17) is 0 Å². The first-order chi connectivity index (χ1) is 13.9. The lowest BCUT2D eigenvalue weighted by atomic mass is 9.96. The number of rotatable bonds is 5. The largest absolute Gasteiger partial charge is 0.372 e. The predicted octanol–water partition coefficient (Wildman–Crippen LogP) is 2.54. The molecule has 1 aliphatic heterocycles. The van der Waals surface area contributed by atoms with Gasteiger partial charge < -0.3 is 4.90 Å². The Bertz CT molecular complexity index is 1170. The molecule has 3 heterocycles. The number of hydrogen-bond donors (Lipinski definition) is 0. The van der Waals surface area contributed by atoms with Gasteiger partial charge in [0.2, 0.25) is 0 Å². The van der Waals surface area contributed by atoms with Crippen molar-refractivity contribution in [3.8, 4) is 0 Å². The first-order valence-electron chi connectivity index (χ1n) is 9.97. The number of benzene rings is 1. The molecule has 0 amide bonds. The van der Waals surface area contributed by atoms with Gasteiger partial charge in [-0.25, -0.2) is 18.2 Å². The van der Waals surface area contributed by atoms with Gasteiger partial charge in [-0.2, -0.15) is 0 Å². The third-order valence-electron chi connectivity index (χ3n) is 5.78. The molecule has 154 valence electrons. The summed E-state index contributed by atoms with van der Waals surface area (Å²) in [6, 6.07) is 10.9. The summed E-state index contributed by atoms with van der Waals surface area (Å²) in [5, 5.41) is 0. The quantitative estimate of drug-likeness (QED) is 0.641. The topological polar surface area (TPSA) is 77.2 Å². The number of aryl methyl sites for hydroxylation is 1. The van der Waals surface area contributed by atoms with Crippen molar-refractivity contribution in [2.45, 2.75) is 37.8 Å². The highest BCUT2D eigenvalue weighted by atomic mass is 32.2. The molecule has 1 aromatic carbocycles. The molecule has 0 saturated carbocycles. The highest BCUT2D eigenvalue weighted by Crippen LogP contribution is 2.26. The lowest BCUT2D eigenvalue weighted by molar-refractivity contribution is 0.354. The maximum absolute atomic E-state index is 12.8. The van der Waals surface area contributed by atoms with Crippen molar-refractivity contribution in [3.05, 3.63) is 53.1 Å². The molecule has 0 unspecified atom stereocenters. The maximum Gasteiger partial charge on any atom is 0.330 e. The van der Waals surface area contributed by atoms with E-state index in [9.17, 15) is 13.2 Å². The molecular formula is C21H26N4O3S. The summed E-state index contributed by atoms with van der Waals surface area (Å²) in [6.45, 7) is 5.07. The smallest absolute Gasteiger partial charge is 0.330 e. The van der Waals surface area contributed by atoms with Crippen molar-refractivity contribution in [3.63, 3.8) is 0 Å². The highest BCUT2D eigenvalue weighted by molar-refractivity contribution is 7.90. The van der Waals surface area contributed by atoms with E-state index in [0.29, 0.717) is 23.9 Å². The number of pyridine rings is 1. The number of hydrogen-bond acceptors (Lipinski definition) is 5. The average molecular weight is 415 g/mol. The van der Waals surface area contributed by atoms with Gasteiger partial charge in [0, 0.05) is 44.3 Å². The van der Waals surface area contributed by atoms with Crippen LogP contribution in [0.4, 0.5) is 5.69 Å². The second-order valence-corrected chi connectivity index (χ2v) is 9.70. The van der Waals surface area contributed by atoms with Gasteiger partial charge in [-0.1, -0.05) is 0 Å². The summed E-state index contributed by atoms with van der Waals surface area (Å²) >= 11 is 0. The molecular weight excluding hydrogens is 388 g/mol. The predicted molar refractivity (Wildman–Crippen MR) is 114 cm³/mol. The summed E-state index contributed by atoms with van der Waals surface area (Å²) in [5.41, 5.74) is 2.71. The Kier molecular flexibility index (Phi) is 5.21. The van der Waals surface area contributed by atoms with Crippen LogP contribution in [0.1, 0.15) is 19.8 Å². The van der Waals surface area contributed by atoms with Crippen LogP contribution in [0.25, 0.3) is 11.2 Å². The van der Waals surface area contributed by atoms with E-state index in [1.807, 2.05) is 35.8 Å². The summed E-state index contributed by atoms with van der Waals surface area (Å²) in [6.07, 6.45) is 4.92. The van der Waals surface area contributed by atoms with Crippen LogP contribution in [0.5, 0.6) is 0 Å². The summed E-state index contributed by atoms with van der Waals surface area (Å²) < 4.78 is 26.9. The van der Waals surface area contributed by atoms with E-state index in [1.165, 1.54) is 6.26 Å². The Morgan fingerprint density at radius 3 is 2.38 bits per heavy atom. The summed E-state index contributed by atoms with van der Waals surface area (Å²) in [4.78, 5) is 19.9. The Labute approximate surface area is 170 Å². The van der Waals surface area contributed by atoms with Gasteiger partial charge in [-0.3, -0.25) is 9.13 Å². The zero-order chi connectivity index (χ0) is 20.6. The van der Waals surface area contributed by atoms with Crippen molar-refractivity contribution < 1.29 is 8.42 Å². The SMILES string of the molecule is CCn1c(=O)n(CC2CCN(c3ccc(S(C)(=O)=O)cc3)CC2)c2ncccc21. The zero-order valence-electron chi connectivity index (χ0n) is 16.8. The average Bonchev–Trinajstić information content (AvgIpc) is 2.99. The van der Waals surface area contributed by atoms with Crippen LogP contribution < -0.4 is 10.6 Å². The second-order valence-electron chi connectivity index (χ2n) is 7.68. The standard InChI is InChI=1S/C21H26N4O3S/c1-3-24-19-5-4-12-22-20(19)25(21(24)26)15-16-10-13-23(14-11-16)17-6-8-18(9-7-17)29(2,27)28/h4-9,12,16H,3,10-11,13-15H2,1-2H3. The Hall–Kier alpha value is -2.61. The molecule has 0 radical (unpaired) electrons. The van der Waals surface area contributed by atoms with Gasteiger partial charge in [0.05, 0.1) is 10.4 Å². The molecule has 7 nitrogen and oxygen atoms in total. The molecule has 0 atom stereocenters. The van der Waals surface area contributed by atoms with Gasteiger partial charge >= 0.3 is 5.69 Å². The molecule has 0 bridgehead atoms. The van der Waals surface area contributed by atoms with Gasteiger partial charge in [0.1, 0.15) is 0 Å². The molecule has 0 N–H and O–H groups in total. The molecule has 3 aromatic rings. The van der Waals surface area contributed by atoms with Gasteiger partial charge in [0.25, 0.3) is 0 Å². The van der Waals surface area contributed by atoms with Crippen LogP contribution in [-0.2, 0) is 22.9 Å². The summed E-state index contributed by atoms with van der Waals surface area (Å²) in [7, 11) is -3.17. The Balaban J connectivity index is 1.47. The minimum Gasteiger partial charge on any atom is -0.372 e. The number of fused-ring (bicyclic) bond motifs is 1. The molecule has 1 saturated heterocycles. The van der Waals surface area contributed by atoms with Crippen LogP contribution in [-0.4, -0.2) is 41.9 Å². The van der Waals surface area contributed by atoms with E-state index in [0.717, 1.165) is 42.8 Å². The molecule has 1 fully saturated rings. The molecule has 0 aliphatic carbocycles. The van der Waals surface area contributed by atoms with Crippen molar-refractivity contribution in [2.24, 2.45) is 5.92 Å². The van der Waals surface area contributed by atoms with E-state index in [2.05, 4.69) is 9.88 Å². The number of nitrogens with zero attached hydrogens (tertiary/aromatic N) is 4. The third kappa shape index (κ3) is 3.81. The third-order valence-corrected chi connectivity index (χ3v) is 6.90. The van der Waals surface area contributed by atoms with Gasteiger partial charge in [0.15, 0.2) is 15.5 Å². The van der Waals surface area contributed by atoms with Crippen LogP contribution in [0.15, 0.2) is 52.3 Å². The fraction of sp³-hybridized carbons (Fsp3) is 0.429. The highest BCUT2D eigenvalue weighted by Gasteiger charge is 2.23. The van der Waals surface area contributed by atoms with E-state index >= 15 is 0 Å². The van der Waals surface area contributed by atoms with Crippen molar-refractivity contribution in [2.75, 3.05) is 24.2 Å². The van der Waals surface area contributed by atoms with Gasteiger partial charge in [-0.15, -0.1) is 0 Å². The van der Waals surface area contributed by atoms with E-state index in [-0.39, 0.29) is 5.69 Å². The van der Waals surface area contributed by atoms with Crippen LogP contribution >= 0.6 is 0 Å². The molecule has 8 heteroatoms. The maximum atomic E-state index is 12.8. The number of sulfone groups is 1. The molecule has 29 heavy (non-hydrogen) atoms. The minimum absolute atomic E-state index is 0.0139. The number of imidazole rings is 1. The van der Waals surface area contributed by atoms with Crippen molar-refractivity contribution in [1.29, 1.82) is 0 Å². The number of aromatic nitrogens is 3. The molecule has 2 aromatic heterocycles. The fourth-order valence-corrected chi connectivity index (χ4v) is 4.78. The lowest BCUT2D eigenvalue weighted by Gasteiger charge is -2.33. The zero-order valence-corrected chi connectivity index (χ0v) is 17.6. The fourth-order valence-electron chi connectivity index (χ4n) is 4.15. The molecule has 4 rings (SSSR count). The van der Waals surface area contributed by atoms with E-state index in [1.54, 1.807) is 22.9 Å². The normalized spacial score (nSPS) is 15.9. The first kappa shape index (κ1) is 19.7. The van der Waals surface area contributed by atoms with Crippen molar-refractivity contribution >= 4 is 26.7 Å².